The van der Waals surface area contributed by atoms with Gasteiger partial charge in [-0.2, -0.15) is 0 Å². The highest BCUT2D eigenvalue weighted by Crippen LogP contribution is 2.48. The van der Waals surface area contributed by atoms with Gasteiger partial charge in [-0.25, -0.2) is 4.79 Å². The standard InChI is InChI=1S/C15H25NO4/c1-15(2,3)20-14(18)16-7-5-10(6-8-16)11-9-12(11)13(17)19-4/h10-12H,5-9H2,1-4H3/t11-,12+/m0/s1. The molecule has 1 aliphatic heterocycles. The van der Waals surface area contributed by atoms with E-state index in [0.717, 1.165) is 32.4 Å². The normalized spacial score (nSPS) is 27.1. The summed E-state index contributed by atoms with van der Waals surface area (Å²) < 4.78 is 10.2. The van der Waals surface area contributed by atoms with Crippen LogP contribution in [0.15, 0.2) is 0 Å². The summed E-state index contributed by atoms with van der Waals surface area (Å²) in [5.74, 6) is 1.02. The Morgan fingerprint density at radius 1 is 1.15 bits per heavy atom. The molecule has 2 aliphatic rings. The first kappa shape index (κ1) is 15.1. The smallest absolute Gasteiger partial charge is 0.410 e. The van der Waals surface area contributed by atoms with Crippen molar-refractivity contribution in [1.82, 2.24) is 4.90 Å². The first-order valence-corrected chi connectivity index (χ1v) is 7.37. The number of methoxy groups -OCH3 is 1. The van der Waals surface area contributed by atoms with Gasteiger partial charge in [0.15, 0.2) is 0 Å². The van der Waals surface area contributed by atoms with Crippen LogP contribution in [0.5, 0.6) is 0 Å². The first-order valence-electron chi connectivity index (χ1n) is 7.37. The lowest BCUT2D eigenvalue weighted by atomic mass is 9.91. The van der Waals surface area contributed by atoms with Crippen LogP contribution in [0.1, 0.15) is 40.0 Å². The summed E-state index contributed by atoms with van der Waals surface area (Å²) in [5, 5.41) is 0. The summed E-state index contributed by atoms with van der Waals surface area (Å²) in [7, 11) is 1.45. The third-order valence-corrected chi connectivity index (χ3v) is 4.14. The van der Waals surface area contributed by atoms with Crippen LogP contribution in [0, 0.1) is 17.8 Å². The Labute approximate surface area is 120 Å². The molecule has 0 radical (unpaired) electrons. The third-order valence-electron chi connectivity index (χ3n) is 4.14. The summed E-state index contributed by atoms with van der Waals surface area (Å²) in [6.07, 6.45) is 2.63. The van der Waals surface area contributed by atoms with Crippen LogP contribution < -0.4 is 0 Å². The molecule has 114 valence electrons. The second-order valence-corrected chi connectivity index (χ2v) is 6.83. The second kappa shape index (κ2) is 5.62. The Morgan fingerprint density at radius 2 is 1.75 bits per heavy atom. The lowest BCUT2D eigenvalue weighted by Gasteiger charge is -2.33. The molecular weight excluding hydrogens is 258 g/mol. The SMILES string of the molecule is COC(=O)[C@@H]1C[C@H]1C1CCN(C(=O)OC(C)(C)C)CC1. The topological polar surface area (TPSA) is 55.8 Å². The number of carbonyl (C=O) groups excluding carboxylic acids is 2. The van der Waals surface area contributed by atoms with E-state index in [1.807, 2.05) is 20.8 Å². The molecule has 0 unspecified atom stereocenters. The summed E-state index contributed by atoms with van der Waals surface area (Å²) in [6.45, 7) is 7.09. The molecular formula is C15H25NO4. The molecule has 0 bridgehead atoms. The van der Waals surface area contributed by atoms with E-state index in [2.05, 4.69) is 0 Å². The molecule has 5 nitrogen and oxygen atoms in total. The lowest BCUT2D eigenvalue weighted by Crippen LogP contribution is -2.42. The molecule has 2 atom stereocenters. The van der Waals surface area contributed by atoms with E-state index in [9.17, 15) is 9.59 Å². The highest BCUT2D eigenvalue weighted by atomic mass is 16.6. The minimum atomic E-state index is -0.444. The van der Waals surface area contributed by atoms with Gasteiger partial charge in [0.2, 0.25) is 0 Å². The van der Waals surface area contributed by atoms with Gasteiger partial charge in [0.05, 0.1) is 13.0 Å². The summed E-state index contributed by atoms with van der Waals surface area (Å²) in [6, 6.07) is 0. The predicted octanol–water partition coefficient (Wildman–Crippen LogP) is 2.44. The number of piperidine rings is 1. The molecule has 20 heavy (non-hydrogen) atoms. The van der Waals surface area contributed by atoms with E-state index in [4.69, 9.17) is 9.47 Å². The maximum Gasteiger partial charge on any atom is 0.410 e. The zero-order valence-corrected chi connectivity index (χ0v) is 12.8. The molecule has 5 heteroatoms. The minimum Gasteiger partial charge on any atom is -0.469 e. The molecule has 1 heterocycles. The third kappa shape index (κ3) is 3.64. The van der Waals surface area contributed by atoms with Crippen molar-refractivity contribution in [2.24, 2.45) is 17.8 Å². The number of esters is 1. The fourth-order valence-electron chi connectivity index (χ4n) is 2.99. The summed E-state index contributed by atoms with van der Waals surface area (Å²) in [5.41, 5.74) is -0.444. The number of rotatable bonds is 2. The minimum absolute atomic E-state index is 0.0791. The molecule has 1 amide bonds. The average Bonchev–Trinajstić information content (AvgIpc) is 3.16. The van der Waals surface area contributed by atoms with E-state index >= 15 is 0 Å². The van der Waals surface area contributed by atoms with Crippen molar-refractivity contribution in [1.29, 1.82) is 0 Å². The van der Waals surface area contributed by atoms with E-state index in [-0.39, 0.29) is 18.0 Å². The van der Waals surface area contributed by atoms with E-state index in [1.54, 1.807) is 4.90 Å². The van der Waals surface area contributed by atoms with Crippen molar-refractivity contribution in [3.63, 3.8) is 0 Å². The summed E-state index contributed by atoms with van der Waals surface area (Å²) >= 11 is 0. The number of carbonyl (C=O) groups is 2. The monoisotopic (exact) mass is 283 g/mol. The maximum atomic E-state index is 12.0. The number of hydrogen-bond donors (Lipinski definition) is 0. The Bertz CT molecular complexity index is 380. The maximum absolute atomic E-state index is 12.0. The van der Waals surface area contributed by atoms with Gasteiger partial charge in [0.25, 0.3) is 0 Å². The molecule has 1 saturated carbocycles. The van der Waals surface area contributed by atoms with Crippen molar-refractivity contribution in [3.8, 4) is 0 Å². The van der Waals surface area contributed by atoms with Crippen molar-refractivity contribution < 1.29 is 19.1 Å². The van der Waals surface area contributed by atoms with Crippen LogP contribution in [0.25, 0.3) is 0 Å². The van der Waals surface area contributed by atoms with Gasteiger partial charge >= 0.3 is 12.1 Å². The van der Waals surface area contributed by atoms with Gasteiger partial charge in [-0.1, -0.05) is 0 Å². The van der Waals surface area contributed by atoms with E-state index < -0.39 is 5.60 Å². The molecule has 2 fully saturated rings. The molecule has 0 aromatic rings. The molecule has 1 aliphatic carbocycles. The molecule has 0 spiro atoms. The van der Waals surface area contributed by atoms with Crippen LogP contribution in [0.2, 0.25) is 0 Å². The van der Waals surface area contributed by atoms with Gasteiger partial charge < -0.3 is 14.4 Å². The quantitative estimate of drug-likeness (QED) is 0.730. The highest BCUT2D eigenvalue weighted by Gasteiger charge is 2.49. The lowest BCUT2D eigenvalue weighted by molar-refractivity contribution is -0.142. The molecule has 0 aromatic heterocycles. The van der Waals surface area contributed by atoms with Gasteiger partial charge in [0.1, 0.15) is 5.60 Å². The number of nitrogens with zero attached hydrogens (tertiary/aromatic N) is 1. The Kier molecular flexibility index (Phi) is 4.25. The summed E-state index contributed by atoms with van der Waals surface area (Å²) in [4.78, 5) is 25.2. The van der Waals surface area contributed by atoms with Crippen LogP contribution in [-0.4, -0.2) is 42.8 Å². The largest absolute Gasteiger partial charge is 0.469 e. The van der Waals surface area contributed by atoms with Gasteiger partial charge in [-0.3, -0.25) is 4.79 Å². The molecule has 2 rings (SSSR count). The zero-order chi connectivity index (χ0) is 14.9. The van der Waals surface area contributed by atoms with Crippen molar-refractivity contribution in [2.75, 3.05) is 20.2 Å². The van der Waals surface area contributed by atoms with Crippen molar-refractivity contribution in [3.05, 3.63) is 0 Å². The number of likely N-dealkylation sites (tertiary alicyclic amines) is 1. The average molecular weight is 283 g/mol. The second-order valence-electron chi connectivity index (χ2n) is 6.83. The number of amides is 1. The Balaban J connectivity index is 1.76. The zero-order valence-electron chi connectivity index (χ0n) is 12.8. The fraction of sp³-hybridized carbons (Fsp3) is 0.867. The molecule has 0 aromatic carbocycles. The van der Waals surface area contributed by atoms with Crippen LogP contribution in [0.4, 0.5) is 4.79 Å². The number of hydrogen-bond acceptors (Lipinski definition) is 4. The van der Waals surface area contributed by atoms with Crippen LogP contribution in [0.3, 0.4) is 0 Å². The van der Waals surface area contributed by atoms with E-state index in [1.165, 1.54) is 7.11 Å². The van der Waals surface area contributed by atoms with Crippen molar-refractivity contribution >= 4 is 12.1 Å². The first-order chi connectivity index (χ1) is 9.31. The Morgan fingerprint density at radius 3 is 2.25 bits per heavy atom. The van der Waals surface area contributed by atoms with Crippen LogP contribution in [-0.2, 0) is 14.3 Å². The van der Waals surface area contributed by atoms with Crippen LogP contribution >= 0.6 is 0 Å². The molecule has 0 N–H and O–H groups in total. The van der Waals surface area contributed by atoms with Gasteiger partial charge in [-0.15, -0.1) is 0 Å². The molecule has 1 saturated heterocycles. The van der Waals surface area contributed by atoms with Crippen molar-refractivity contribution in [2.45, 2.75) is 45.6 Å². The fourth-order valence-corrected chi connectivity index (χ4v) is 2.99. The highest BCUT2D eigenvalue weighted by molar-refractivity contribution is 5.75. The van der Waals surface area contributed by atoms with Gasteiger partial charge in [-0.05, 0) is 51.9 Å². The number of ether oxygens (including phenoxy) is 2. The Hall–Kier alpha value is -1.26. The predicted molar refractivity (Wildman–Crippen MR) is 74.1 cm³/mol. The van der Waals surface area contributed by atoms with Gasteiger partial charge in [0, 0.05) is 13.1 Å². The van der Waals surface area contributed by atoms with E-state index in [0.29, 0.717) is 11.8 Å².